The van der Waals surface area contributed by atoms with Gasteiger partial charge in [-0.1, -0.05) is 30.3 Å². The van der Waals surface area contributed by atoms with Crippen molar-refractivity contribution < 1.29 is 4.74 Å². The van der Waals surface area contributed by atoms with Crippen molar-refractivity contribution in [1.29, 1.82) is 0 Å². The largest absolute Gasteiger partial charge is 0.497 e. The summed E-state index contributed by atoms with van der Waals surface area (Å²) < 4.78 is 5.32. The molecular formula is C19H23NO. The minimum atomic E-state index is 0.392. The second kappa shape index (κ2) is 5.90. The summed E-state index contributed by atoms with van der Waals surface area (Å²) in [5.74, 6) is 1.56. The Morgan fingerprint density at radius 2 is 1.76 bits per heavy atom. The molecule has 1 atom stereocenters. The lowest BCUT2D eigenvalue weighted by Crippen LogP contribution is -2.26. The van der Waals surface area contributed by atoms with E-state index in [0.29, 0.717) is 12.0 Å². The zero-order valence-electron chi connectivity index (χ0n) is 13.0. The van der Waals surface area contributed by atoms with Gasteiger partial charge in [0.25, 0.3) is 0 Å². The molecule has 0 aromatic heterocycles. The number of hydrogen-bond donors (Lipinski definition) is 1. The van der Waals surface area contributed by atoms with E-state index in [0.717, 1.165) is 18.6 Å². The number of fused-ring (bicyclic) bond motifs is 1. The molecule has 0 heterocycles. The zero-order chi connectivity index (χ0) is 14.8. The third-order valence-corrected chi connectivity index (χ3v) is 4.68. The number of nitrogens with one attached hydrogen (secondary N) is 1. The van der Waals surface area contributed by atoms with E-state index in [9.17, 15) is 0 Å². The smallest absolute Gasteiger partial charge is 0.119 e. The highest BCUT2D eigenvalue weighted by atomic mass is 16.5. The highest BCUT2D eigenvalue weighted by Crippen LogP contribution is 2.36. The van der Waals surface area contributed by atoms with E-state index in [1.54, 1.807) is 7.11 Å². The normalized spacial score (nSPS) is 15.8. The first-order valence-electron chi connectivity index (χ1n) is 7.61. The molecule has 0 spiro atoms. The summed E-state index contributed by atoms with van der Waals surface area (Å²) in [6, 6.07) is 15.6. The molecule has 0 bridgehead atoms. The number of methoxy groups -OCH3 is 1. The van der Waals surface area contributed by atoms with Gasteiger partial charge in [0, 0.05) is 6.04 Å². The van der Waals surface area contributed by atoms with Crippen LogP contribution < -0.4 is 10.1 Å². The van der Waals surface area contributed by atoms with Crippen LogP contribution >= 0.6 is 0 Å². The van der Waals surface area contributed by atoms with Crippen LogP contribution in [0.1, 0.15) is 28.3 Å². The topological polar surface area (TPSA) is 21.3 Å². The fraction of sp³-hybridized carbons (Fsp3) is 0.368. The summed E-state index contributed by atoms with van der Waals surface area (Å²) in [5.41, 5.74) is 5.70. The maximum absolute atomic E-state index is 5.32. The molecule has 21 heavy (non-hydrogen) atoms. The fourth-order valence-corrected chi connectivity index (χ4v) is 3.60. The Labute approximate surface area is 127 Å². The van der Waals surface area contributed by atoms with Gasteiger partial charge in [0.1, 0.15) is 5.75 Å². The van der Waals surface area contributed by atoms with Gasteiger partial charge in [-0.15, -0.1) is 0 Å². The Bertz CT molecular complexity index is 610. The van der Waals surface area contributed by atoms with Crippen LogP contribution in [0.3, 0.4) is 0 Å². The maximum Gasteiger partial charge on any atom is 0.119 e. The van der Waals surface area contributed by atoms with E-state index in [1.165, 1.54) is 22.3 Å². The van der Waals surface area contributed by atoms with Crippen LogP contribution in [0.2, 0.25) is 0 Å². The lowest BCUT2D eigenvalue weighted by molar-refractivity contribution is 0.392. The van der Waals surface area contributed by atoms with Crippen molar-refractivity contribution in [3.05, 3.63) is 64.7 Å². The molecular weight excluding hydrogens is 258 g/mol. The lowest BCUT2D eigenvalue weighted by Gasteiger charge is -2.25. The van der Waals surface area contributed by atoms with Gasteiger partial charge in [0.2, 0.25) is 0 Å². The summed E-state index contributed by atoms with van der Waals surface area (Å²) in [5, 5.41) is 3.53. The van der Waals surface area contributed by atoms with Gasteiger partial charge in [-0.05, 0) is 67.1 Å². The van der Waals surface area contributed by atoms with E-state index in [-0.39, 0.29) is 0 Å². The van der Waals surface area contributed by atoms with Gasteiger partial charge in [0.15, 0.2) is 0 Å². The Morgan fingerprint density at radius 1 is 1.10 bits per heavy atom. The number of benzene rings is 2. The quantitative estimate of drug-likeness (QED) is 0.923. The average molecular weight is 281 g/mol. The number of aryl methyl sites for hydroxylation is 1. The molecule has 1 unspecified atom stereocenters. The van der Waals surface area contributed by atoms with Crippen LogP contribution in [0, 0.1) is 12.8 Å². The maximum atomic E-state index is 5.32. The van der Waals surface area contributed by atoms with Gasteiger partial charge < -0.3 is 10.1 Å². The number of hydrogen-bond acceptors (Lipinski definition) is 2. The predicted molar refractivity (Wildman–Crippen MR) is 86.9 cm³/mol. The molecule has 2 aromatic carbocycles. The summed E-state index contributed by atoms with van der Waals surface area (Å²) >= 11 is 0. The summed E-state index contributed by atoms with van der Waals surface area (Å²) in [6.07, 6.45) is 2.32. The van der Waals surface area contributed by atoms with Crippen molar-refractivity contribution in [1.82, 2.24) is 5.32 Å². The average Bonchev–Trinajstić information content (AvgIpc) is 2.93. The third-order valence-electron chi connectivity index (χ3n) is 4.68. The molecule has 2 aromatic rings. The Hall–Kier alpha value is -1.80. The van der Waals surface area contributed by atoms with Crippen molar-refractivity contribution in [3.63, 3.8) is 0 Å². The van der Waals surface area contributed by atoms with Gasteiger partial charge in [-0.3, -0.25) is 0 Å². The van der Waals surface area contributed by atoms with Crippen molar-refractivity contribution in [2.45, 2.75) is 25.8 Å². The fourth-order valence-electron chi connectivity index (χ4n) is 3.60. The molecule has 0 saturated carbocycles. The molecule has 1 N–H and O–H groups in total. The zero-order valence-corrected chi connectivity index (χ0v) is 13.0. The summed E-state index contributed by atoms with van der Waals surface area (Å²) in [7, 11) is 3.79. The van der Waals surface area contributed by atoms with Crippen molar-refractivity contribution in [2.75, 3.05) is 14.2 Å². The lowest BCUT2D eigenvalue weighted by atomic mass is 9.88. The van der Waals surface area contributed by atoms with Crippen molar-refractivity contribution in [2.24, 2.45) is 5.92 Å². The number of ether oxygens (including phenoxy) is 1. The first-order valence-corrected chi connectivity index (χ1v) is 7.61. The van der Waals surface area contributed by atoms with Crippen LogP contribution in [0.15, 0.2) is 42.5 Å². The molecule has 1 aliphatic rings. The van der Waals surface area contributed by atoms with Crippen LogP contribution in [-0.2, 0) is 12.8 Å². The molecule has 0 aliphatic heterocycles. The minimum absolute atomic E-state index is 0.392. The first kappa shape index (κ1) is 14.2. The molecule has 3 rings (SSSR count). The van der Waals surface area contributed by atoms with E-state index in [1.807, 2.05) is 0 Å². The second-order valence-electron chi connectivity index (χ2n) is 5.93. The Balaban J connectivity index is 1.87. The molecule has 2 heteroatoms. The molecule has 1 aliphatic carbocycles. The highest BCUT2D eigenvalue weighted by molar-refractivity contribution is 5.39. The predicted octanol–water partition coefficient (Wildman–Crippen LogP) is 3.68. The highest BCUT2D eigenvalue weighted by Gasteiger charge is 2.29. The monoisotopic (exact) mass is 281 g/mol. The van der Waals surface area contributed by atoms with Gasteiger partial charge >= 0.3 is 0 Å². The van der Waals surface area contributed by atoms with Crippen LogP contribution in [0.5, 0.6) is 5.75 Å². The van der Waals surface area contributed by atoms with E-state index < -0.39 is 0 Å². The van der Waals surface area contributed by atoms with Crippen LogP contribution in [-0.4, -0.2) is 14.2 Å². The van der Waals surface area contributed by atoms with Gasteiger partial charge in [-0.2, -0.15) is 0 Å². The molecule has 0 fully saturated rings. The molecule has 0 amide bonds. The minimum Gasteiger partial charge on any atom is -0.497 e. The standard InChI is InChI=1S/C19H23NO/c1-13-10-17(21-3)8-9-18(13)19(20-2)16-11-14-6-4-5-7-15(14)12-16/h4-10,16,19-20H,11-12H2,1-3H3. The first-order chi connectivity index (χ1) is 10.2. The summed E-state index contributed by atoms with van der Waals surface area (Å²) in [6.45, 7) is 2.17. The van der Waals surface area contributed by atoms with E-state index in [4.69, 9.17) is 4.74 Å². The van der Waals surface area contributed by atoms with Crippen LogP contribution in [0.25, 0.3) is 0 Å². The van der Waals surface area contributed by atoms with Crippen molar-refractivity contribution in [3.8, 4) is 5.75 Å². The molecule has 110 valence electrons. The third kappa shape index (κ3) is 2.68. The SMILES string of the molecule is CNC(c1ccc(OC)cc1C)C1Cc2ccccc2C1. The van der Waals surface area contributed by atoms with Gasteiger partial charge in [-0.25, -0.2) is 0 Å². The van der Waals surface area contributed by atoms with E-state index in [2.05, 4.69) is 61.8 Å². The van der Waals surface area contributed by atoms with Gasteiger partial charge in [0.05, 0.1) is 7.11 Å². The molecule has 0 radical (unpaired) electrons. The van der Waals surface area contributed by atoms with Crippen molar-refractivity contribution >= 4 is 0 Å². The molecule has 2 nitrogen and oxygen atoms in total. The number of rotatable bonds is 4. The van der Waals surface area contributed by atoms with Crippen LogP contribution in [0.4, 0.5) is 0 Å². The Kier molecular flexibility index (Phi) is 3.98. The summed E-state index contributed by atoms with van der Waals surface area (Å²) in [4.78, 5) is 0. The van der Waals surface area contributed by atoms with E-state index >= 15 is 0 Å². The second-order valence-corrected chi connectivity index (χ2v) is 5.93. The Morgan fingerprint density at radius 3 is 2.29 bits per heavy atom. The molecule has 0 saturated heterocycles.